The van der Waals surface area contributed by atoms with Gasteiger partial charge in [-0.1, -0.05) is 0 Å². The topological polar surface area (TPSA) is 85.8 Å². The van der Waals surface area contributed by atoms with E-state index >= 15 is 0 Å². The van der Waals surface area contributed by atoms with E-state index in [1.807, 2.05) is 49.2 Å². The van der Waals surface area contributed by atoms with Crippen LogP contribution in [0.4, 0.5) is 23.1 Å². The fourth-order valence-electron chi connectivity index (χ4n) is 4.02. The van der Waals surface area contributed by atoms with E-state index in [1.54, 1.807) is 13.3 Å². The number of benzene rings is 1. The summed E-state index contributed by atoms with van der Waals surface area (Å²) in [5, 5.41) is 17.2. The third-order valence-corrected chi connectivity index (χ3v) is 6.54. The van der Waals surface area contributed by atoms with Crippen molar-refractivity contribution in [1.29, 1.82) is 0 Å². The van der Waals surface area contributed by atoms with Crippen LogP contribution in [0, 0.1) is 0 Å². The lowest BCUT2D eigenvalue weighted by molar-refractivity contribution is 0.0478. The number of nitrogens with one attached hydrogen (secondary N) is 2. The molecule has 1 saturated heterocycles. The van der Waals surface area contributed by atoms with Gasteiger partial charge in [0.2, 0.25) is 5.95 Å². The highest BCUT2D eigenvalue weighted by Gasteiger charge is 2.23. The first-order chi connectivity index (χ1) is 15.9. The van der Waals surface area contributed by atoms with E-state index in [0.717, 1.165) is 31.6 Å². The Hall–Kier alpha value is -2.62. The van der Waals surface area contributed by atoms with E-state index in [2.05, 4.69) is 53.6 Å². The van der Waals surface area contributed by atoms with E-state index in [9.17, 15) is 5.11 Å². The third kappa shape index (κ3) is 5.66. The monoisotopic (exact) mass is 514 g/mol. The Kier molecular flexibility index (Phi) is 7.52. The van der Waals surface area contributed by atoms with Crippen molar-refractivity contribution in [3.63, 3.8) is 0 Å². The van der Waals surface area contributed by atoms with Crippen molar-refractivity contribution in [3.8, 4) is 0 Å². The van der Waals surface area contributed by atoms with Gasteiger partial charge >= 0.3 is 0 Å². The summed E-state index contributed by atoms with van der Waals surface area (Å²) < 4.78 is 6.18. The molecular weight excluding hydrogens is 484 g/mol. The number of aliphatic hydroxyl groups is 1. The first kappa shape index (κ1) is 23.5. The quantitative estimate of drug-likeness (QED) is 0.499. The van der Waals surface area contributed by atoms with Gasteiger partial charge in [-0.05, 0) is 79.0 Å². The number of hydrogen-bond acceptors (Lipinski definition) is 8. The molecule has 3 heterocycles. The summed E-state index contributed by atoms with van der Waals surface area (Å²) in [6.45, 7) is 6.07. The molecule has 4 rings (SSSR count). The highest BCUT2D eigenvalue weighted by Crippen LogP contribution is 2.27. The molecule has 0 spiro atoms. The van der Waals surface area contributed by atoms with Gasteiger partial charge in [0.15, 0.2) is 6.23 Å². The lowest BCUT2D eigenvalue weighted by Gasteiger charge is -2.34. The highest BCUT2D eigenvalue weighted by atomic mass is 79.9. The van der Waals surface area contributed by atoms with Crippen LogP contribution in [0.3, 0.4) is 0 Å². The first-order valence-electron chi connectivity index (χ1n) is 11.2. The summed E-state index contributed by atoms with van der Waals surface area (Å²) in [7, 11) is 1.79. The van der Waals surface area contributed by atoms with Crippen molar-refractivity contribution < 1.29 is 9.84 Å². The molecule has 2 aliphatic heterocycles. The van der Waals surface area contributed by atoms with Crippen molar-refractivity contribution in [3.05, 3.63) is 59.0 Å². The van der Waals surface area contributed by atoms with Crippen molar-refractivity contribution in [2.45, 2.75) is 45.1 Å². The number of allylic oxidation sites excluding steroid dienone is 2. The molecule has 2 aromatic rings. The predicted octanol–water partition coefficient (Wildman–Crippen LogP) is 4.45. The van der Waals surface area contributed by atoms with E-state index in [1.165, 1.54) is 5.69 Å². The number of hydrogen-bond donors (Lipinski definition) is 3. The molecule has 1 aromatic heterocycles. The molecule has 1 unspecified atom stereocenters. The molecule has 0 aliphatic carbocycles. The SMILES string of the molecule is COC1CCN(c2ccc(Nc3ncc(Br)c(NC4=CC=CN(C(C)C)C4O)n3)cc2)CC1. The zero-order chi connectivity index (χ0) is 23.4. The van der Waals surface area contributed by atoms with Crippen LogP contribution in [-0.4, -0.2) is 58.5 Å². The maximum atomic E-state index is 10.7. The molecule has 0 bridgehead atoms. The Bertz CT molecular complexity index is 1000. The maximum absolute atomic E-state index is 10.7. The number of aliphatic hydroxyl groups excluding tert-OH is 1. The van der Waals surface area contributed by atoms with Gasteiger partial charge in [-0.2, -0.15) is 4.98 Å². The Balaban J connectivity index is 1.42. The van der Waals surface area contributed by atoms with Crippen molar-refractivity contribution in [1.82, 2.24) is 14.9 Å². The minimum absolute atomic E-state index is 0.169. The largest absolute Gasteiger partial charge is 0.381 e. The minimum atomic E-state index is -0.769. The van der Waals surface area contributed by atoms with Gasteiger partial charge in [0, 0.05) is 50.0 Å². The lowest BCUT2D eigenvalue weighted by Crippen LogP contribution is -2.40. The van der Waals surface area contributed by atoms with Crippen LogP contribution in [0.1, 0.15) is 26.7 Å². The Labute approximate surface area is 203 Å². The van der Waals surface area contributed by atoms with E-state index in [-0.39, 0.29) is 6.04 Å². The molecule has 1 aromatic carbocycles. The molecule has 2 aliphatic rings. The molecule has 3 N–H and O–H groups in total. The van der Waals surface area contributed by atoms with Crippen LogP contribution < -0.4 is 15.5 Å². The summed E-state index contributed by atoms with van der Waals surface area (Å²) in [5.74, 6) is 1.05. The van der Waals surface area contributed by atoms with Crippen LogP contribution in [-0.2, 0) is 4.74 Å². The lowest BCUT2D eigenvalue weighted by atomic mass is 10.1. The van der Waals surface area contributed by atoms with Crippen LogP contribution in [0.2, 0.25) is 0 Å². The fourth-order valence-corrected chi connectivity index (χ4v) is 4.31. The van der Waals surface area contributed by atoms with Crippen LogP contribution in [0.15, 0.2) is 59.0 Å². The molecular formula is C24H31BrN6O2. The molecule has 1 atom stereocenters. The molecule has 0 radical (unpaired) electrons. The number of methoxy groups -OCH3 is 1. The standard InChI is InChI=1S/C24H31BrN6O2/c1-16(2)31-12-4-5-21(23(31)32)28-22-20(25)15-26-24(29-22)27-17-6-8-18(9-7-17)30-13-10-19(33-3)11-14-30/h4-9,12,15-16,19,23,32H,10-11,13-14H2,1-3H3,(H2,26,27,28,29). The second kappa shape index (κ2) is 10.5. The summed E-state index contributed by atoms with van der Waals surface area (Å²) in [6, 6.07) is 8.47. The number of ether oxygens (including phenoxy) is 1. The van der Waals surface area contributed by atoms with E-state index in [4.69, 9.17) is 4.74 Å². The number of halogens is 1. The van der Waals surface area contributed by atoms with Gasteiger partial charge in [0.25, 0.3) is 0 Å². The smallest absolute Gasteiger partial charge is 0.229 e. The number of nitrogens with zero attached hydrogens (tertiary/aromatic N) is 4. The summed E-state index contributed by atoms with van der Waals surface area (Å²) in [6.07, 6.45) is 9.03. The molecule has 33 heavy (non-hydrogen) atoms. The van der Waals surface area contributed by atoms with Gasteiger partial charge in [-0.15, -0.1) is 0 Å². The van der Waals surface area contributed by atoms with E-state index in [0.29, 0.717) is 28.0 Å². The van der Waals surface area contributed by atoms with Crippen molar-refractivity contribution in [2.24, 2.45) is 0 Å². The molecule has 1 fully saturated rings. The zero-order valence-electron chi connectivity index (χ0n) is 19.2. The molecule has 9 heteroatoms. The second-order valence-corrected chi connectivity index (χ2v) is 9.34. The molecule has 176 valence electrons. The number of piperidine rings is 1. The maximum Gasteiger partial charge on any atom is 0.229 e. The minimum Gasteiger partial charge on any atom is -0.381 e. The predicted molar refractivity (Wildman–Crippen MR) is 136 cm³/mol. The van der Waals surface area contributed by atoms with Gasteiger partial charge in [0.1, 0.15) is 5.82 Å². The van der Waals surface area contributed by atoms with Gasteiger partial charge in [-0.3, -0.25) is 0 Å². The van der Waals surface area contributed by atoms with Gasteiger partial charge in [-0.25, -0.2) is 4.98 Å². The average molecular weight is 515 g/mol. The highest BCUT2D eigenvalue weighted by molar-refractivity contribution is 9.10. The normalized spacial score (nSPS) is 19.1. The average Bonchev–Trinajstić information content (AvgIpc) is 2.83. The van der Waals surface area contributed by atoms with Gasteiger partial charge < -0.3 is 30.3 Å². The number of aromatic nitrogens is 2. The Morgan fingerprint density at radius 1 is 1.15 bits per heavy atom. The van der Waals surface area contributed by atoms with Crippen molar-refractivity contribution >= 4 is 39.1 Å². The summed E-state index contributed by atoms with van der Waals surface area (Å²) >= 11 is 3.50. The van der Waals surface area contributed by atoms with Crippen molar-refractivity contribution in [2.75, 3.05) is 35.7 Å². The Morgan fingerprint density at radius 2 is 1.88 bits per heavy atom. The Morgan fingerprint density at radius 3 is 2.55 bits per heavy atom. The first-order valence-corrected chi connectivity index (χ1v) is 12.0. The van der Waals surface area contributed by atoms with Crippen LogP contribution in [0.5, 0.6) is 0 Å². The molecule has 8 nitrogen and oxygen atoms in total. The zero-order valence-corrected chi connectivity index (χ0v) is 20.8. The second-order valence-electron chi connectivity index (χ2n) is 8.49. The molecule has 0 amide bonds. The number of anilines is 4. The number of rotatable bonds is 7. The summed E-state index contributed by atoms with van der Waals surface area (Å²) in [4.78, 5) is 13.2. The molecule has 0 saturated carbocycles. The van der Waals surface area contributed by atoms with Crippen LogP contribution in [0.25, 0.3) is 0 Å². The third-order valence-electron chi connectivity index (χ3n) is 5.96. The fraction of sp³-hybridized carbons (Fsp3) is 0.417. The van der Waals surface area contributed by atoms with Crippen LogP contribution >= 0.6 is 15.9 Å². The van der Waals surface area contributed by atoms with Gasteiger partial charge in [0.05, 0.1) is 16.3 Å². The summed E-state index contributed by atoms with van der Waals surface area (Å²) in [5.41, 5.74) is 2.76. The van der Waals surface area contributed by atoms with E-state index < -0.39 is 6.23 Å².